The molecule has 0 unspecified atom stereocenters. The molecule has 0 fully saturated rings. The van der Waals surface area contributed by atoms with E-state index in [2.05, 4.69) is 22.4 Å². The van der Waals surface area contributed by atoms with Gasteiger partial charge in [0, 0.05) is 40.2 Å². The maximum Gasteiger partial charge on any atom is 0.255 e. The molecule has 4 nitrogen and oxygen atoms in total. The number of pyridine rings is 1. The zero-order valence-electron chi connectivity index (χ0n) is 17.1. The lowest BCUT2D eigenvalue weighted by molar-refractivity contribution is 0.102. The molecule has 3 aromatic carbocycles. The maximum absolute atomic E-state index is 12.8. The molecular formula is C27H19N3OS. The fraction of sp³-hybridized carbons (Fsp3) is 0. The first-order valence-corrected chi connectivity index (χ1v) is 11.1. The molecule has 0 aliphatic heterocycles. The highest BCUT2D eigenvalue weighted by molar-refractivity contribution is 7.13. The summed E-state index contributed by atoms with van der Waals surface area (Å²) < 4.78 is 0. The number of rotatable bonds is 5. The van der Waals surface area contributed by atoms with E-state index in [0.717, 1.165) is 38.6 Å². The van der Waals surface area contributed by atoms with Crippen molar-refractivity contribution in [1.82, 2.24) is 9.97 Å². The summed E-state index contributed by atoms with van der Waals surface area (Å²) >= 11 is 1.59. The number of hydrogen-bond donors (Lipinski definition) is 1. The summed E-state index contributed by atoms with van der Waals surface area (Å²) in [5.74, 6) is -0.141. The van der Waals surface area contributed by atoms with Crippen molar-refractivity contribution in [3.05, 3.63) is 114 Å². The summed E-state index contributed by atoms with van der Waals surface area (Å²) in [6, 6.07) is 29.4. The molecular weight excluding hydrogens is 414 g/mol. The van der Waals surface area contributed by atoms with E-state index < -0.39 is 0 Å². The topological polar surface area (TPSA) is 54.9 Å². The van der Waals surface area contributed by atoms with E-state index in [1.165, 1.54) is 0 Å². The lowest BCUT2D eigenvalue weighted by Gasteiger charge is -2.08. The predicted molar refractivity (Wildman–Crippen MR) is 131 cm³/mol. The Morgan fingerprint density at radius 2 is 1.44 bits per heavy atom. The second kappa shape index (κ2) is 8.96. The first-order valence-electron chi connectivity index (χ1n) is 10.2. The first kappa shape index (κ1) is 19.8. The number of thiazole rings is 1. The van der Waals surface area contributed by atoms with Gasteiger partial charge in [-0.05, 0) is 47.5 Å². The van der Waals surface area contributed by atoms with Gasteiger partial charge in [-0.3, -0.25) is 9.78 Å². The minimum Gasteiger partial charge on any atom is -0.322 e. The number of amides is 1. The molecule has 0 saturated carbocycles. The van der Waals surface area contributed by atoms with Crippen LogP contribution in [0.15, 0.2) is 109 Å². The van der Waals surface area contributed by atoms with Crippen molar-refractivity contribution >= 4 is 22.9 Å². The number of carbonyl (C=O) groups is 1. The summed E-state index contributed by atoms with van der Waals surface area (Å²) in [4.78, 5) is 21.6. The van der Waals surface area contributed by atoms with E-state index in [0.29, 0.717) is 5.56 Å². The second-order valence-corrected chi connectivity index (χ2v) is 8.11. The summed E-state index contributed by atoms with van der Waals surface area (Å²) in [6.45, 7) is 0. The highest BCUT2D eigenvalue weighted by Gasteiger charge is 2.10. The Hall–Kier alpha value is -4.09. The van der Waals surface area contributed by atoms with Crippen LogP contribution >= 0.6 is 11.3 Å². The molecule has 154 valence electrons. The van der Waals surface area contributed by atoms with Gasteiger partial charge in [-0.1, -0.05) is 54.6 Å². The smallest absolute Gasteiger partial charge is 0.255 e. The Kier molecular flexibility index (Phi) is 5.56. The third-order valence-electron chi connectivity index (χ3n) is 5.10. The number of carbonyl (C=O) groups excluding carboxylic acids is 1. The van der Waals surface area contributed by atoms with Crippen molar-refractivity contribution in [2.24, 2.45) is 0 Å². The Morgan fingerprint density at radius 3 is 2.22 bits per heavy atom. The van der Waals surface area contributed by atoms with Crippen molar-refractivity contribution in [3.63, 3.8) is 0 Å². The van der Waals surface area contributed by atoms with E-state index in [1.807, 2.05) is 84.2 Å². The maximum atomic E-state index is 12.8. The van der Waals surface area contributed by atoms with Crippen molar-refractivity contribution in [2.45, 2.75) is 0 Å². The molecule has 5 aromatic rings. The van der Waals surface area contributed by atoms with E-state index in [9.17, 15) is 4.79 Å². The first-order chi connectivity index (χ1) is 15.8. The molecule has 32 heavy (non-hydrogen) atoms. The van der Waals surface area contributed by atoms with Crippen LogP contribution < -0.4 is 5.32 Å². The van der Waals surface area contributed by atoms with Gasteiger partial charge in [0.2, 0.25) is 0 Å². The molecule has 5 heteroatoms. The largest absolute Gasteiger partial charge is 0.322 e. The van der Waals surface area contributed by atoms with E-state index in [1.54, 1.807) is 23.7 Å². The van der Waals surface area contributed by atoms with Gasteiger partial charge < -0.3 is 5.32 Å². The molecule has 0 aliphatic carbocycles. The fourth-order valence-electron chi connectivity index (χ4n) is 3.44. The average molecular weight is 434 g/mol. The van der Waals surface area contributed by atoms with Crippen LogP contribution in [0.1, 0.15) is 10.4 Å². The number of anilines is 1. The quantitative estimate of drug-likeness (QED) is 0.332. The highest BCUT2D eigenvalue weighted by atomic mass is 32.1. The van der Waals surface area contributed by atoms with E-state index in [-0.39, 0.29) is 5.91 Å². The summed E-state index contributed by atoms with van der Waals surface area (Å²) in [5, 5.41) is 5.96. The Morgan fingerprint density at radius 1 is 0.719 bits per heavy atom. The monoisotopic (exact) mass is 433 g/mol. The van der Waals surface area contributed by atoms with Crippen molar-refractivity contribution < 1.29 is 4.79 Å². The molecule has 0 bridgehead atoms. The van der Waals surface area contributed by atoms with Crippen LogP contribution in [0.3, 0.4) is 0 Å². The van der Waals surface area contributed by atoms with Crippen LogP contribution in [0.25, 0.3) is 33.0 Å². The summed E-state index contributed by atoms with van der Waals surface area (Å²) in [7, 11) is 0. The van der Waals surface area contributed by atoms with Crippen LogP contribution in [-0.2, 0) is 0 Å². The fourth-order valence-corrected chi connectivity index (χ4v) is 4.27. The molecule has 2 aromatic heterocycles. The normalized spacial score (nSPS) is 10.6. The van der Waals surface area contributed by atoms with Gasteiger partial charge in [0.05, 0.1) is 5.69 Å². The number of hydrogen-bond acceptors (Lipinski definition) is 4. The van der Waals surface area contributed by atoms with Crippen LogP contribution in [-0.4, -0.2) is 15.9 Å². The minimum absolute atomic E-state index is 0.141. The molecule has 1 N–H and O–H groups in total. The standard InChI is InChI=1S/C27H19N3OS/c31-26(21-11-9-20(10-12-21)19-5-2-1-3-6-19)29-24-8-4-7-23(17-24)25-18-32-27(30-25)22-13-15-28-16-14-22/h1-18H,(H,29,31). The number of nitrogens with zero attached hydrogens (tertiary/aromatic N) is 2. The molecule has 0 atom stereocenters. The van der Waals surface area contributed by atoms with Crippen LogP contribution in [0.5, 0.6) is 0 Å². The zero-order valence-corrected chi connectivity index (χ0v) is 17.9. The molecule has 2 heterocycles. The van der Waals surface area contributed by atoms with Crippen LogP contribution in [0, 0.1) is 0 Å². The van der Waals surface area contributed by atoms with E-state index >= 15 is 0 Å². The molecule has 0 spiro atoms. The summed E-state index contributed by atoms with van der Waals surface area (Å²) in [5.41, 5.74) is 6.43. The van der Waals surface area contributed by atoms with Crippen molar-refractivity contribution in [1.29, 1.82) is 0 Å². The number of benzene rings is 3. The van der Waals surface area contributed by atoms with Gasteiger partial charge in [0.1, 0.15) is 5.01 Å². The van der Waals surface area contributed by atoms with Gasteiger partial charge in [0.15, 0.2) is 0 Å². The SMILES string of the molecule is O=C(Nc1cccc(-c2csc(-c3ccncc3)n2)c1)c1ccc(-c2ccccc2)cc1. The molecule has 1 amide bonds. The van der Waals surface area contributed by atoms with Crippen LogP contribution in [0.4, 0.5) is 5.69 Å². The Labute approximate surface area is 190 Å². The summed E-state index contributed by atoms with van der Waals surface area (Å²) in [6.07, 6.45) is 3.53. The predicted octanol–water partition coefficient (Wildman–Crippen LogP) is 6.79. The Bertz CT molecular complexity index is 1350. The molecule has 0 radical (unpaired) electrons. The zero-order chi connectivity index (χ0) is 21.8. The van der Waals surface area contributed by atoms with E-state index in [4.69, 9.17) is 4.98 Å². The van der Waals surface area contributed by atoms with Gasteiger partial charge >= 0.3 is 0 Å². The van der Waals surface area contributed by atoms with Gasteiger partial charge in [-0.15, -0.1) is 11.3 Å². The average Bonchev–Trinajstić information content (AvgIpc) is 3.36. The lowest BCUT2D eigenvalue weighted by Crippen LogP contribution is -2.11. The molecule has 0 aliphatic rings. The minimum atomic E-state index is -0.141. The van der Waals surface area contributed by atoms with Gasteiger partial charge in [0.25, 0.3) is 5.91 Å². The highest BCUT2D eigenvalue weighted by Crippen LogP contribution is 2.30. The van der Waals surface area contributed by atoms with Crippen LogP contribution in [0.2, 0.25) is 0 Å². The third-order valence-corrected chi connectivity index (χ3v) is 5.99. The third kappa shape index (κ3) is 4.33. The number of nitrogens with one attached hydrogen (secondary N) is 1. The van der Waals surface area contributed by atoms with Crippen molar-refractivity contribution in [2.75, 3.05) is 5.32 Å². The molecule has 0 saturated heterocycles. The van der Waals surface area contributed by atoms with Crippen molar-refractivity contribution in [3.8, 4) is 33.0 Å². The second-order valence-electron chi connectivity index (χ2n) is 7.25. The number of aromatic nitrogens is 2. The van der Waals surface area contributed by atoms with Gasteiger partial charge in [-0.2, -0.15) is 0 Å². The van der Waals surface area contributed by atoms with Gasteiger partial charge in [-0.25, -0.2) is 4.98 Å². The Balaban J connectivity index is 1.32. The lowest BCUT2D eigenvalue weighted by atomic mass is 10.0. The molecule has 5 rings (SSSR count).